The number of carbonyl (C=O) groups is 2. The molecular weight excluding hydrogens is 324 g/mol. The number of likely N-dealkylation sites (tertiary alicyclic amines) is 1. The average Bonchev–Trinajstić information content (AvgIpc) is 2.65. The third-order valence-electron chi connectivity index (χ3n) is 4.15. The first kappa shape index (κ1) is 19.2. The molecule has 2 rings (SSSR count). The van der Waals surface area contributed by atoms with E-state index < -0.39 is 12.0 Å². The van der Waals surface area contributed by atoms with E-state index in [1.54, 1.807) is 11.8 Å². The lowest BCUT2D eigenvalue weighted by Crippen LogP contribution is -2.51. The van der Waals surface area contributed by atoms with Crippen molar-refractivity contribution in [3.8, 4) is 0 Å². The fourth-order valence-electron chi connectivity index (χ4n) is 2.76. The van der Waals surface area contributed by atoms with Gasteiger partial charge < -0.3 is 19.5 Å². The van der Waals surface area contributed by atoms with E-state index in [0.717, 1.165) is 5.56 Å². The number of amides is 1. The maximum atomic E-state index is 12.1. The summed E-state index contributed by atoms with van der Waals surface area (Å²) in [5, 5.41) is 12.4. The lowest BCUT2D eigenvalue weighted by atomic mass is 10.0. The normalized spacial score (nSPS) is 16.3. The van der Waals surface area contributed by atoms with Crippen LogP contribution in [-0.2, 0) is 20.9 Å². The fraction of sp³-hybridized carbons (Fsp3) is 0.556. The van der Waals surface area contributed by atoms with Crippen molar-refractivity contribution in [3.05, 3.63) is 35.9 Å². The van der Waals surface area contributed by atoms with E-state index in [2.05, 4.69) is 5.32 Å². The van der Waals surface area contributed by atoms with Crippen LogP contribution in [-0.4, -0.2) is 60.5 Å². The third-order valence-corrected chi connectivity index (χ3v) is 4.15. The third kappa shape index (κ3) is 6.03. The molecule has 1 aliphatic heterocycles. The van der Waals surface area contributed by atoms with Crippen molar-refractivity contribution in [1.82, 2.24) is 10.2 Å². The molecule has 0 unspecified atom stereocenters. The number of hydrogen-bond acceptors (Lipinski definition) is 6. The Morgan fingerprint density at radius 3 is 2.52 bits per heavy atom. The van der Waals surface area contributed by atoms with Gasteiger partial charge in [-0.1, -0.05) is 30.3 Å². The molecule has 0 spiro atoms. The maximum Gasteiger partial charge on any atom is 0.410 e. The molecule has 0 bridgehead atoms. The molecule has 1 aliphatic rings. The minimum Gasteiger partial charge on any atom is -0.465 e. The average molecular weight is 350 g/mol. The van der Waals surface area contributed by atoms with Crippen LogP contribution in [0.5, 0.6) is 0 Å². The number of benzene rings is 1. The zero-order valence-corrected chi connectivity index (χ0v) is 14.5. The second-order valence-corrected chi connectivity index (χ2v) is 5.96. The van der Waals surface area contributed by atoms with Gasteiger partial charge in [0, 0.05) is 19.1 Å². The molecular formula is C18H26N2O5. The summed E-state index contributed by atoms with van der Waals surface area (Å²) in [6, 6.07) is 8.88. The van der Waals surface area contributed by atoms with Crippen LogP contribution >= 0.6 is 0 Å². The number of rotatable bonds is 7. The molecule has 1 aromatic rings. The number of piperidine rings is 1. The van der Waals surface area contributed by atoms with Gasteiger partial charge in [0.2, 0.25) is 0 Å². The second kappa shape index (κ2) is 10.0. The van der Waals surface area contributed by atoms with Crippen LogP contribution in [0.1, 0.15) is 25.3 Å². The van der Waals surface area contributed by atoms with Crippen LogP contribution in [0.4, 0.5) is 4.79 Å². The Bertz CT molecular complexity index is 544. The molecule has 1 fully saturated rings. The van der Waals surface area contributed by atoms with Crippen LogP contribution in [0.3, 0.4) is 0 Å². The minimum absolute atomic E-state index is 0.0553. The number of aliphatic hydroxyl groups is 1. The predicted molar refractivity (Wildman–Crippen MR) is 91.9 cm³/mol. The monoisotopic (exact) mass is 350 g/mol. The van der Waals surface area contributed by atoms with Crippen molar-refractivity contribution in [3.63, 3.8) is 0 Å². The van der Waals surface area contributed by atoms with Gasteiger partial charge in [-0.25, -0.2) is 4.79 Å². The van der Waals surface area contributed by atoms with Gasteiger partial charge in [0.25, 0.3) is 0 Å². The fourth-order valence-corrected chi connectivity index (χ4v) is 2.76. The number of carbonyl (C=O) groups excluding carboxylic acids is 2. The van der Waals surface area contributed by atoms with Crippen LogP contribution in [0.15, 0.2) is 30.3 Å². The summed E-state index contributed by atoms with van der Waals surface area (Å²) >= 11 is 0. The smallest absolute Gasteiger partial charge is 0.410 e. The highest BCUT2D eigenvalue weighted by Gasteiger charge is 2.28. The first-order chi connectivity index (χ1) is 12.1. The Morgan fingerprint density at radius 2 is 1.92 bits per heavy atom. The minimum atomic E-state index is -0.721. The number of hydrogen-bond donors (Lipinski definition) is 2. The molecule has 1 saturated heterocycles. The zero-order valence-electron chi connectivity index (χ0n) is 14.5. The van der Waals surface area contributed by atoms with E-state index in [9.17, 15) is 14.7 Å². The van der Waals surface area contributed by atoms with Crippen molar-refractivity contribution in [2.75, 3.05) is 26.3 Å². The van der Waals surface area contributed by atoms with E-state index in [4.69, 9.17) is 9.47 Å². The first-order valence-corrected chi connectivity index (χ1v) is 8.63. The van der Waals surface area contributed by atoms with Gasteiger partial charge in [-0.05, 0) is 25.3 Å². The summed E-state index contributed by atoms with van der Waals surface area (Å²) in [4.78, 5) is 25.5. The van der Waals surface area contributed by atoms with Gasteiger partial charge in [0.05, 0.1) is 13.2 Å². The molecule has 7 nitrogen and oxygen atoms in total. The molecule has 0 saturated carbocycles. The van der Waals surface area contributed by atoms with Gasteiger partial charge in [-0.2, -0.15) is 0 Å². The van der Waals surface area contributed by atoms with Crippen molar-refractivity contribution in [2.24, 2.45) is 0 Å². The van der Waals surface area contributed by atoms with E-state index in [1.807, 2.05) is 30.3 Å². The van der Waals surface area contributed by atoms with Crippen molar-refractivity contribution < 1.29 is 24.2 Å². The molecule has 138 valence electrons. The predicted octanol–water partition coefficient (Wildman–Crippen LogP) is 1.30. The zero-order chi connectivity index (χ0) is 18.1. The van der Waals surface area contributed by atoms with E-state index in [1.165, 1.54) is 0 Å². The van der Waals surface area contributed by atoms with Crippen LogP contribution in [0.2, 0.25) is 0 Å². The van der Waals surface area contributed by atoms with Crippen molar-refractivity contribution in [1.29, 1.82) is 0 Å². The van der Waals surface area contributed by atoms with Crippen LogP contribution in [0.25, 0.3) is 0 Å². The highest BCUT2D eigenvalue weighted by Crippen LogP contribution is 2.13. The van der Waals surface area contributed by atoms with Gasteiger partial charge in [-0.3, -0.25) is 10.1 Å². The Hall–Kier alpha value is -2.12. The number of nitrogens with one attached hydrogen (secondary N) is 1. The Labute approximate surface area is 147 Å². The molecule has 0 radical (unpaired) electrons. The summed E-state index contributed by atoms with van der Waals surface area (Å²) in [6.45, 7) is 3.05. The molecule has 1 heterocycles. The molecule has 0 aromatic heterocycles. The summed E-state index contributed by atoms with van der Waals surface area (Å²) < 4.78 is 10.3. The van der Waals surface area contributed by atoms with E-state index >= 15 is 0 Å². The molecule has 25 heavy (non-hydrogen) atoms. The summed E-state index contributed by atoms with van der Waals surface area (Å²) in [6.07, 6.45) is 1.05. The van der Waals surface area contributed by atoms with Crippen LogP contribution in [0, 0.1) is 0 Å². The van der Waals surface area contributed by atoms with Gasteiger partial charge >= 0.3 is 12.1 Å². The standard InChI is InChI=1S/C18H26N2O5/c1-2-24-17(22)16(12-21)19-15-8-10-20(11-9-15)18(23)25-13-14-6-4-3-5-7-14/h3-7,15-16,19,21H,2,8-13H2,1H3/t16-/m1/s1. The number of ether oxygens (including phenoxy) is 2. The SMILES string of the molecule is CCOC(=O)[C@@H](CO)NC1CCN(C(=O)OCc2ccccc2)CC1. The summed E-state index contributed by atoms with van der Waals surface area (Å²) in [5.74, 6) is -0.449. The molecule has 1 amide bonds. The van der Waals surface area contributed by atoms with Gasteiger partial charge in [0.15, 0.2) is 0 Å². The van der Waals surface area contributed by atoms with Crippen molar-refractivity contribution >= 4 is 12.1 Å². The van der Waals surface area contributed by atoms with Gasteiger partial charge in [0.1, 0.15) is 12.6 Å². The van der Waals surface area contributed by atoms with Crippen LogP contribution < -0.4 is 5.32 Å². The number of aliphatic hydroxyl groups excluding tert-OH is 1. The molecule has 7 heteroatoms. The highest BCUT2D eigenvalue weighted by molar-refractivity contribution is 5.76. The van der Waals surface area contributed by atoms with E-state index in [0.29, 0.717) is 25.9 Å². The number of esters is 1. The quantitative estimate of drug-likeness (QED) is 0.721. The Balaban J connectivity index is 1.73. The molecule has 2 N–H and O–H groups in total. The Kier molecular flexibility index (Phi) is 7.69. The summed E-state index contributed by atoms with van der Waals surface area (Å²) in [5.41, 5.74) is 0.952. The highest BCUT2D eigenvalue weighted by atomic mass is 16.6. The topological polar surface area (TPSA) is 88.1 Å². The molecule has 1 atom stereocenters. The first-order valence-electron chi connectivity index (χ1n) is 8.63. The second-order valence-electron chi connectivity index (χ2n) is 5.96. The lowest BCUT2D eigenvalue weighted by Gasteiger charge is -2.33. The molecule has 1 aromatic carbocycles. The largest absolute Gasteiger partial charge is 0.465 e. The molecule has 0 aliphatic carbocycles. The van der Waals surface area contributed by atoms with E-state index in [-0.39, 0.29) is 32.0 Å². The summed E-state index contributed by atoms with van der Waals surface area (Å²) in [7, 11) is 0. The number of nitrogens with zero attached hydrogens (tertiary/aromatic N) is 1. The maximum absolute atomic E-state index is 12.1. The van der Waals surface area contributed by atoms with Crippen molar-refractivity contribution in [2.45, 2.75) is 38.5 Å². The van der Waals surface area contributed by atoms with Gasteiger partial charge in [-0.15, -0.1) is 0 Å². The lowest BCUT2D eigenvalue weighted by molar-refractivity contribution is -0.147. The Morgan fingerprint density at radius 1 is 1.24 bits per heavy atom.